The lowest BCUT2D eigenvalue weighted by Crippen LogP contribution is -2.57. The summed E-state index contributed by atoms with van der Waals surface area (Å²) in [6, 6.07) is 34.5. The number of hydrogen-bond donors (Lipinski definition) is 0. The summed E-state index contributed by atoms with van der Waals surface area (Å²) in [6.07, 6.45) is -16.2. The third-order valence-electron chi connectivity index (χ3n) is 27.8. The molecule has 10 aliphatic heterocycles. The van der Waals surface area contributed by atoms with Crippen molar-refractivity contribution in [3.8, 4) is 0 Å². The van der Waals surface area contributed by atoms with Gasteiger partial charge in [-0.2, -0.15) is 0 Å². The van der Waals surface area contributed by atoms with E-state index in [1.807, 2.05) is 77.4 Å². The van der Waals surface area contributed by atoms with Crippen LogP contribution in [0.5, 0.6) is 0 Å². The maximum absolute atomic E-state index is 14.0. The standard InChI is InChI=1S/C20H24F2N2O2.C20H25FN2O2.3C20H26N2O2/c1-20(22)7-4-14(5-8-20)19(26)23-11-17-16-10-15(21)3-2-13(16)6-9-24(17)18(25)12-23;1-20(21)9-6-15(7-10-20)19(25)22-12-17-16-5-3-2-4-14(16)8-11-23(17)18(24)13-22;3*1-14-6-8-16(9-7-14)20(24)21-12-18-17-5-3-2-4-15(17)10-11-22(18)19(23)13-21/h2-3,10,14,17H,4-9,11-12H2,1H3;2-5,15,17H,6-13H2,1H3;3*2-5,14,16,18H,6-13H2,1H3/i;;6D2,7D2,8D2,9D2,14D,16D;6D2,7D2,8D2,9D2,14D;14D. The van der Waals surface area contributed by atoms with Gasteiger partial charge < -0.3 is 49.0 Å². The molecule has 5 atom stereocenters. The van der Waals surface area contributed by atoms with E-state index in [9.17, 15) is 61.1 Å². The first kappa shape index (κ1) is 65.2. The zero-order valence-electron chi connectivity index (χ0n) is 91.0. The molecule has 5 aromatic carbocycles. The number of fused-ring (bicyclic) bond motifs is 15. The quantitative estimate of drug-likeness (QED) is 0.163. The Labute approximate surface area is 752 Å². The second-order valence-electron chi connectivity index (χ2n) is 36.2. The summed E-state index contributed by atoms with van der Waals surface area (Å²) in [5.41, 5.74) is 8.05. The largest absolute Gasteiger partial charge is 0.332 e. The van der Waals surface area contributed by atoms with Gasteiger partial charge in [-0.15, -0.1) is 0 Å². The minimum absolute atomic E-state index is 0.000168. The highest BCUT2D eigenvalue weighted by Crippen LogP contribution is 2.45. The number of carbonyl (C=O) groups is 10. The number of halogens is 3. The fourth-order valence-corrected chi connectivity index (χ4v) is 20.7. The Hall–Kier alpha value is -9.41. The first-order chi connectivity index (χ1) is 66.6. The van der Waals surface area contributed by atoms with Crippen molar-refractivity contribution in [3.63, 3.8) is 0 Å². The molecule has 5 saturated heterocycles. The van der Waals surface area contributed by atoms with E-state index in [0.29, 0.717) is 110 Å². The van der Waals surface area contributed by atoms with Gasteiger partial charge in [-0.05, 0) is 259 Å². The zero-order chi connectivity index (χ0) is 104. The summed E-state index contributed by atoms with van der Waals surface area (Å²) in [5.74, 6) is -16.3. The Bertz CT molecular complexity index is 5630. The number of benzene rings is 5. The molecule has 20 nitrogen and oxygen atoms in total. The average Bonchev–Trinajstić information content (AvgIpc) is 0.658. The Morgan fingerprint density at radius 1 is 0.333 bits per heavy atom. The van der Waals surface area contributed by atoms with Crippen LogP contribution in [0.4, 0.5) is 13.2 Å². The molecular weight excluding hydrogens is 1560 g/mol. The van der Waals surface area contributed by atoms with Crippen LogP contribution in [0.15, 0.2) is 115 Å². The van der Waals surface area contributed by atoms with Crippen LogP contribution in [0.25, 0.3) is 0 Å². The van der Waals surface area contributed by atoms with Crippen molar-refractivity contribution < 1.29 is 88.5 Å². The molecule has 5 aliphatic carbocycles. The van der Waals surface area contributed by atoms with Crippen LogP contribution in [0, 0.1) is 53.1 Å². The molecule has 5 unspecified atom stereocenters. The van der Waals surface area contributed by atoms with Crippen LogP contribution in [0.2, 0.25) is 0 Å². The molecule has 0 aromatic heterocycles. The number of piperazine rings is 5. The molecule has 658 valence electrons. The van der Waals surface area contributed by atoms with Crippen LogP contribution in [0.1, 0.15) is 276 Å². The van der Waals surface area contributed by atoms with Gasteiger partial charge in [0.1, 0.15) is 17.2 Å². The molecule has 5 saturated carbocycles. The fourth-order valence-electron chi connectivity index (χ4n) is 20.7. The van der Waals surface area contributed by atoms with Crippen LogP contribution in [-0.2, 0) is 80.0 Å². The lowest BCUT2D eigenvalue weighted by molar-refractivity contribution is -0.152. The minimum Gasteiger partial charge on any atom is -0.332 e. The minimum atomic E-state index is -3.61. The normalized spacial score (nSPS) is 38.7. The molecular formula is C100H127F3N10O10. The second-order valence-corrected chi connectivity index (χ2v) is 36.2. The highest BCUT2D eigenvalue weighted by atomic mass is 19.1. The van der Waals surface area contributed by atoms with E-state index in [1.54, 1.807) is 61.4 Å². The lowest BCUT2D eigenvalue weighted by atomic mass is 9.80. The van der Waals surface area contributed by atoms with E-state index >= 15 is 0 Å². The molecule has 23 heteroatoms. The maximum atomic E-state index is 14.0. The number of nitrogens with zero attached hydrogens (tertiary/aromatic N) is 10. The van der Waals surface area contributed by atoms with Crippen molar-refractivity contribution >= 4 is 59.1 Å². The van der Waals surface area contributed by atoms with Gasteiger partial charge in [0.05, 0.1) is 62.9 Å². The first-order valence-electron chi connectivity index (χ1n) is 54.0. The number of amides is 10. The van der Waals surface area contributed by atoms with Gasteiger partial charge in [-0.1, -0.05) is 124 Å². The number of alkyl halides is 2. The highest BCUT2D eigenvalue weighted by Gasteiger charge is 2.48. The van der Waals surface area contributed by atoms with E-state index in [-0.39, 0.29) is 116 Å². The first-order valence-corrected chi connectivity index (χ1v) is 44.0. The summed E-state index contributed by atoms with van der Waals surface area (Å²) >= 11 is 0. The third kappa shape index (κ3) is 19.4. The molecule has 0 bridgehead atoms. The second kappa shape index (κ2) is 37.4. The summed E-state index contributed by atoms with van der Waals surface area (Å²) in [5, 5.41) is 0. The lowest BCUT2D eigenvalue weighted by Gasteiger charge is -2.45. The summed E-state index contributed by atoms with van der Waals surface area (Å²) < 4.78 is 208. The van der Waals surface area contributed by atoms with Crippen LogP contribution in [0.3, 0.4) is 0 Å². The molecule has 10 heterocycles. The van der Waals surface area contributed by atoms with Crippen molar-refractivity contribution in [2.45, 2.75) is 236 Å². The molecule has 10 fully saturated rings. The monoisotopic (exact) mass is 1710 g/mol. The molecule has 10 amide bonds. The van der Waals surface area contributed by atoms with E-state index in [0.717, 1.165) is 109 Å². The Morgan fingerprint density at radius 2 is 0.602 bits per heavy atom. The summed E-state index contributed by atoms with van der Waals surface area (Å²) in [7, 11) is 0. The molecule has 0 N–H and O–H groups in total. The predicted molar refractivity (Wildman–Crippen MR) is 462 cm³/mol. The Kier molecular flexibility index (Phi) is 19.8. The van der Waals surface area contributed by atoms with E-state index in [2.05, 4.69) is 24.3 Å². The van der Waals surface area contributed by atoms with E-state index < -0.39 is 135 Å². The van der Waals surface area contributed by atoms with Crippen LogP contribution >= 0.6 is 0 Å². The smallest absolute Gasteiger partial charge is 0.242 e. The summed E-state index contributed by atoms with van der Waals surface area (Å²) in [4.78, 5) is 146. The summed E-state index contributed by atoms with van der Waals surface area (Å²) in [6.45, 7) is 10.5. The Morgan fingerprint density at radius 3 is 0.927 bits per heavy atom. The van der Waals surface area contributed by atoms with Crippen LogP contribution < -0.4 is 0 Å². The molecule has 20 rings (SSSR count). The van der Waals surface area contributed by atoms with Gasteiger partial charge in [-0.3, -0.25) is 47.9 Å². The fraction of sp³-hybridized carbons (Fsp3) is 0.600. The van der Waals surface area contributed by atoms with Gasteiger partial charge in [0.2, 0.25) is 59.1 Å². The van der Waals surface area contributed by atoms with Crippen LogP contribution in [-0.4, -0.2) is 218 Å². The van der Waals surface area contributed by atoms with Crippen molar-refractivity contribution in [3.05, 3.63) is 177 Å². The van der Waals surface area contributed by atoms with E-state index in [4.69, 9.17) is 27.4 Å². The van der Waals surface area contributed by atoms with Gasteiger partial charge >= 0.3 is 0 Å². The Balaban J connectivity index is 0.000000129. The van der Waals surface area contributed by atoms with E-state index in [1.165, 1.54) is 34.4 Å². The van der Waals surface area contributed by atoms with Gasteiger partial charge in [0, 0.05) is 122 Å². The number of carbonyl (C=O) groups excluding carboxylic acids is 10. The predicted octanol–water partition coefficient (Wildman–Crippen LogP) is 14.2. The van der Waals surface area contributed by atoms with Crippen molar-refractivity contribution in [2.24, 2.45) is 47.2 Å². The number of hydrogen-bond acceptors (Lipinski definition) is 10. The molecule has 5 aromatic rings. The number of rotatable bonds is 5. The van der Waals surface area contributed by atoms with Gasteiger partial charge in [0.15, 0.2) is 0 Å². The highest BCUT2D eigenvalue weighted by molar-refractivity contribution is 5.92. The zero-order valence-corrected chi connectivity index (χ0v) is 71.0. The van der Waals surface area contributed by atoms with Crippen molar-refractivity contribution in [2.75, 3.05) is 98.2 Å². The average molecular weight is 1710 g/mol. The third-order valence-corrected chi connectivity index (χ3v) is 27.8. The SMILES string of the molecule is CC1(F)CCC(C(=O)N2CC(=O)N3CCc4ccc(F)cc4C3C2)CC1.CC1(F)CCC(C(=O)N2CC(=O)N3CCc4ccccc4C3C2)CC1.[2H]C1(C)CCC(C(=O)N2CC(=O)N3CCc4ccccc4C3C2)CC1.[2H]C1([2H])C(C(=O)N2CC(=O)N3CCc4ccccc4C3C2)C([2H])([2H])C([2H])([2H])C([2H])(C)C1([2H])[2H].[2H]C1([2H])C([2H])([2H])C([2H])(C(=O)N2CC(=O)N3CCc4ccccc4C3C2)C([2H])([2H])C([2H])([2H])C1([2H])C. The molecule has 0 spiro atoms. The van der Waals surface area contributed by atoms with Crippen molar-refractivity contribution in [1.29, 1.82) is 0 Å². The van der Waals surface area contributed by atoms with Gasteiger partial charge in [0.25, 0.3) is 0 Å². The molecule has 0 radical (unpaired) electrons. The van der Waals surface area contributed by atoms with Gasteiger partial charge in [-0.25, -0.2) is 13.2 Å². The molecule has 15 aliphatic rings. The topological polar surface area (TPSA) is 203 Å². The molecule has 123 heavy (non-hydrogen) atoms. The maximum Gasteiger partial charge on any atom is 0.242 e. The van der Waals surface area contributed by atoms with Crippen molar-refractivity contribution in [1.82, 2.24) is 49.0 Å².